The van der Waals surface area contributed by atoms with Gasteiger partial charge in [-0.2, -0.15) is 23.4 Å². The lowest BCUT2D eigenvalue weighted by molar-refractivity contribution is -0.159. The third-order valence-electron chi connectivity index (χ3n) is 2.81. The molecular formula is C13H10F3N3O. The minimum atomic E-state index is -4.66. The lowest BCUT2D eigenvalue weighted by Crippen LogP contribution is -2.13. The van der Waals surface area contributed by atoms with Crippen LogP contribution in [0, 0.1) is 11.3 Å². The van der Waals surface area contributed by atoms with E-state index in [0.29, 0.717) is 5.56 Å². The molecule has 0 saturated heterocycles. The number of hydrogen-bond donors (Lipinski definition) is 0. The Balaban J connectivity index is 2.32. The van der Waals surface area contributed by atoms with Gasteiger partial charge in [0.05, 0.1) is 11.5 Å². The molecule has 1 heterocycles. The van der Waals surface area contributed by atoms with Crippen molar-refractivity contribution in [1.82, 2.24) is 10.1 Å². The maximum atomic E-state index is 12.4. The SMILES string of the molecule is CC(C)(C#N)c1ccc(-c2noc(C(F)(F)F)n2)cc1. The van der Waals surface area contributed by atoms with Gasteiger partial charge in [0.2, 0.25) is 5.82 Å². The summed E-state index contributed by atoms with van der Waals surface area (Å²) in [7, 11) is 0. The van der Waals surface area contributed by atoms with Crippen molar-refractivity contribution < 1.29 is 17.7 Å². The predicted octanol–water partition coefficient (Wildman–Crippen LogP) is 3.56. The molecule has 0 bridgehead atoms. The summed E-state index contributed by atoms with van der Waals surface area (Å²) in [6.45, 7) is 3.50. The summed E-state index contributed by atoms with van der Waals surface area (Å²) in [6.07, 6.45) is -4.66. The Morgan fingerprint density at radius 1 is 1.15 bits per heavy atom. The van der Waals surface area contributed by atoms with Crippen LogP contribution in [0.1, 0.15) is 25.3 Å². The summed E-state index contributed by atoms with van der Waals surface area (Å²) in [5.41, 5.74) is 0.470. The molecule has 20 heavy (non-hydrogen) atoms. The highest BCUT2D eigenvalue weighted by Gasteiger charge is 2.38. The highest BCUT2D eigenvalue weighted by Crippen LogP contribution is 2.30. The first-order valence-corrected chi connectivity index (χ1v) is 5.67. The zero-order valence-corrected chi connectivity index (χ0v) is 10.7. The van der Waals surface area contributed by atoms with E-state index in [2.05, 4.69) is 20.7 Å². The van der Waals surface area contributed by atoms with E-state index < -0.39 is 17.5 Å². The molecule has 2 rings (SSSR count). The minimum absolute atomic E-state index is 0.140. The number of nitrogens with zero attached hydrogens (tertiary/aromatic N) is 3. The highest BCUT2D eigenvalue weighted by atomic mass is 19.4. The zero-order valence-electron chi connectivity index (χ0n) is 10.7. The Labute approximate surface area is 112 Å². The van der Waals surface area contributed by atoms with Gasteiger partial charge < -0.3 is 4.52 Å². The van der Waals surface area contributed by atoms with Gasteiger partial charge in [0, 0.05) is 5.56 Å². The van der Waals surface area contributed by atoms with E-state index in [1.165, 1.54) is 0 Å². The van der Waals surface area contributed by atoms with Crippen LogP contribution >= 0.6 is 0 Å². The molecule has 0 spiro atoms. The van der Waals surface area contributed by atoms with E-state index in [0.717, 1.165) is 5.56 Å². The van der Waals surface area contributed by atoms with Crippen LogP contribution in [-0.2, 0) is 11.6 Å². The van der Waals surface area contributed by atoms with Gasteiger partial charge in [-0.05, 0) is 19.4 Å². The van der Waals surface area contributed by atoms with Crippen molar-refractivity contribution in [2.45, 2.75) is 25.4 Å². The van der Waals surface area contributed by atoms with Gasteiger partial charge in [-0.1, -0.05) is 29.4 Å². The molecule has 2 aromatic rings. The van der Waals surface area contributed by atoms with E-state index in [9.17, 15) is 13.2 Å². The molecule has 0 fully saturated rings. The maximum Gasteiger partial charge on any atom is 0.471 e. The van der Waals surface area contributed by atoms with Crippen LogP contribution in [0.25, 0.3) is 11.4 Å². The lowest BCUT2D eigenvalue weighted by atomic mass is 9.86. The fourth-order valence-electron chi connectivity index (χ4n) is 1.56. The van der Waals surface area contributed by atoms with Gasteiger partial charge in [0.15, 0.2) is 0 Å². The molecule has 104 valence electrons. The topological polar surface area (TPSA) is 62.7 Å². The first-order valence-electron chi connectivity index (χ1n) is 5.67. The highest BCUT2D eigenvalue weighted by molar-refractivity contribution is 5.55. The number of hydrogen-bond acceptors (Lipinski definition) is 4. The summed E-state index contributed by atoms with van der Waals surface area (Å²) < 4.78 is 41.2. The largest absolute Gasteiger partial charge is 0.471 e. The number of rotatable bonds is 2. The van der Waals surface area contributed by atoms with E-state index in [-0.39, 0.29) is 5.82 Å². The second-order valence-corrected chi connectivity index (χ2v) is 4.74. The monoisotopic (exact) mass is 281 g/mol. The Morgan fingerprint density at radius 2 is 1.75 bits per heavy atom. The van der Waals surface area contributed by atoms with Crippen LogP contribution in [0.5, 0.6) is 0 Å². The maximum absolute atomic E-state index is 12.4. The van der Waals surface area contributed by atoms with E-state index >= 15 is 0 Å². The van der Waals surface area contributed by atoms with Crippen LogP contribution < -0.4 is 0 Å². The van der Waals surface area contributed by atoms with Crippen LogP contribution in [0.2, 0.25) is 0 Å². The third-order valence-corrected chi connectivity index (χ3v) is 2.81. The Kier molecular flexibility index (Phi) is 3.26. The molecule has 0 radical (unpaired) electrons. The summed E-state index contributed by atoms with van der Waals surface area (Å²) >= 11 is 0. The second kappa shape index (κ2) is 4.63. The number of nitriles is 1. The number of alkyl halides is 3. The van der Waals surface area contributed by atoms with Crippen LogP contribution in [-0.4, -0.2) is 10.1 Å². The molecule has 0 aliphatic rings. The summed E-state index contributed by atoms with van der Waals surface area (Å²) in [5.74, 6) is -1.52. The summed E-state index contributed by atoms with van der Waals surface area (Å²) in [6, 6.07) is 8.56. The molecule has 0 saturated carbocycles. The average Bonchev–Trinajstić information content (AvgIpc) is 2.88. The Morgan fingerprint density at radius 3 is 2.20 bits per heavy atom. The van der Waals surface area contributed by atoms with Crippen molar-refractivity contribution in [3.63, 3.8) is 0 Å². The molecule has 1 aromatic carbocycles. The molecule has 0 aliphatic carbocycles. The van der Waals surface area contributed by atoms with Crippen molar-refractivity contribution in [2.24, 2.45) is 0 Å². The zero-order chi connectivity index (χ0) is 15.0. The van der Waals surface area contributed by atoms with Gasteiger partial charge in [0.25, 0.3) is 0 Å². The molecule has 1 aromatic heterocycles. The Bertz CT molecular complexity index is 651. The molecular weight excluding hydrogens is 271 g/mol. The predicted molar refractivity (Wildman–Crippen MR) is 63.4 cm³/mol. The number of halogens is 3. The van der Waals surface area contributed by atoms with Crippen molar-refractivity contribution in [2.75, 3.05) is 0 Å². The van der Waals surface area contributed by atoms with Crippen molar-refractivity contribution >= 4 is 0 Å². The molecule has 0 N–H and O–H groups in total. The molecule has 0 atom stereocenters. The Hall–Kier alpha value is -2.36. The fraction of sp³-hybridized carbons (Fsp3) is 0.308. The quantitative estimate of drug-likeness (QED) is 0.844. The first-order chi connectivity index (χ1) is 9.24. The van der Waals surface area contributed by atoms with Crippen molar-refractivity contribution in [3.8, 4) is 17.5 Å². The van der Waals surface area contributed by atoms with Gasteiger partial charge in [-0.25, -0.2) is 0 Å². The van der Waals surface area contributed by atoms with Gasteiger partial charge in [-0.15, -0.1) is 0 Å². The first kappa shape index (κ1) is 14.1. The van der Waals surface area contributed by atoms with Crippen molar-refractivity contribution in [1.29, 1.82) is 5.26 Å². The van der Waals surface area contributed by atoms with Crippen molar-refractivity contribution in [3.05, 3.63) is 35.7 Å². The number of aromatic nitrogens is 2. The third kappa shape index (κ3) is 2.64. The molecule has 7 heteroatoms. The molecule has 0 amide bonds. The van der Waals surface area contributed by atoms with E-state index in [1.807, 2.05) is 0 Å². The fourth-order valence-corrected chi connectivity index (χ4v) is 1.56. The smallest absolute Gasteiger partial charge is 0.329 e. The van der Waals surface area contributed by atoms with Crippen LogP contribution in [0.4, 0.5) is 13.2 Å². The molecule has 0 aliphatic heterocycles. The average molecular weight is 281 g/mol. The normalized spacial score (nSPS) is 12.2. The van der Waals surface area contributed by atoms with Gasteiger partial charge >= 0.3 is 12.1 Å². The minimum Gasteiger partial charge on any atom is -0.329 e. The van der Waals surface area contributed by atoms with Crippen LogP contribution in [0.15, 0.2) is 28.8 Å². The van der Waals surface area contributed by atoms with Gasteiger partial charge in [0.1, 0.15) is 0 Å². The number of benzene rings is 1. The van der Waals surface area contributed by atoms with Gasteiger partial charge in [-0.3, -0.25) is 0 Å². The second-order valence-electron chi connectivity index (χ2n) is 4.74. The van der Waals surface area contributed by atoms with E-state index in [1.54, 1.807) is 38.1 Å². The lowest BCUT2D eigenvalue weighted by Gasteiger charge is -2.15. The summed E-state index contributed by atoms with van der Waals surface area (Å²) in [4.78, 5) is 3.30. The van der Waals surface area contributed by atoms with Crippen LogP contribution in [0.3, 0.4) is 0 Å². The summed E-state index contributed by atoms with van der Waals surface area (Å²) in [5, 5.41) is 12.3. The molecule has 0 unspecified atom stereocenters. The molecule has 4 nitrogen and oxygen atoms in total. The standard InChI is InChI=1S/C13H10F3N3O/c1-12(2,7-17)9-5-3-8(4-6-9)10-18-11(20-19-10)13(14,15)16/h3-6H,1-2H3. The van der Waals surface area contributed by atoms with E-state index in [4.69, 9.17) is 5.26 Å².